The number of imide groups is 1. The lowest BCUT2D eigenvalue weighted by atomic mass is 10.2. The molecule has 22 heavy (non-hydrogen) atoms. The number of hydrogen-bond donors (Lipinski definition) is 0. The van der Waals surface area contributed by atoms with Crippen molar-refractivity contribution in [3.63, 3.8) is 0 Å². The van der Waals surface area contributed by atoms with Crippen LogP contribution in [-0.4, -0.2) is 16.7 Å². The van der Waals surface area contributed by atoms with Gasteiger partial charge in [0.25, 0.3) is 11.8 Å². The number of carbonyl (C=O) groups is 2. The van der Waals surface area contributed by atoms with Gasteiger partial charge < -0.3 is 4.74 Å². The number of amides is 2. The van der Waals surface area contributed by atoms with Crippen LogP contribution in [0.4, 0.5) is 0 Å². The number of carbonyl (C=O) groups excluding carboxylic acids is 2. The van der Waals surface area contributed by atoms with Gasteiger partial charge in [-0.25, -0.2) is 0 Å². The quantitative estimate of drug-likeness (QED) is 0.796. The minimum Gasteiger partial charge on any atom is -0.483 e. The van der Waals surface area contributed by atoms with Gasteiger partial charge in [0.15, 0.2) is 5.76 Å². The lowest BCUT2D eigenvalue weighted by Crippen LogP contribution is -2.30. The average Bonchev–Trinajstić information content (AvgIpc) is 2.82. The fourth-order valence-corrected chi connectivity index (χ4v) is 2.24. The van der Waals surface area contributed by atoms with Gasteiger partial charge in [0.2, 0.25) is 0 Å². The molecule has 0 radical (unpaired) electrons. The summed E-state index contributed by atoms with van der Waals surface area (Å²) in [6, 6.07) is 18.9. The lowest BCUT2D eigenvalue weighted by Gasteiger charge is -2.14. The zero-order chi connectivity index (χ0) is 15.4. The molecular weight excluding hydrogens is 278 g/mol. The van der Waals surface area contributed by atoms with E-state index in [4.69, 9.17) is 4.74 Å². The maximum Gasteiger partial charge on any atom is 0.296 e. The fraction of sp³-hybridized carbons (Fsp3) is 0.111. The summed E-state index contributed by atoms with van der Waals surface area (Å²) >= 11 is 0. The Bertz CT molecular complexity index is 708. The summed E-state index contributed by atoms with van der Waals surface area (Å²) in [6.07, 6.45) is 1.26. The van der Waals surface area contributed by atoms with Crippen LogP contribution in [0, 0.1) is 0 Å². The van der Waals surface area contributed by atoms with Crippen LogP contribution in [0.2, 0.25) is 0 Å². The molecule has 0 atom stereocenters. The van der Waals surface area contributed by atoms with E-state index in [9.17, 15) is 9.59 Å². The van der Waals surface area contributed by atoms with Gasteiger partial charge in [-0.1, -0.05) is 60.7 Å². The second-order valence-corrected chi connectivity index (χ2v) is 5.00. The number of ether oxygens (including phenoxy) is 1. The van der Waals surface area contributed by atoms with E-state index in [1.165, 1.54) is 11.0 Å². The van der Waals surface area contributed by atoms with Gasteiger partial charge in [-0.15, -0.1) is 0 Å². The van der Waals surface area contributed by atoms with Crippen molar-refractivity contribution in [2.45, 2.75) is 13.2 Å². The van der Waals surface area contributed by atoms with Crippen LogP contribution in [0.15, 0.2) is 72.5 Å². The molecule has 3 rings (SSSR count). The van der Waals surface area contributed by atoms with Crippen LogP contribution < -0.4 is 0 Å². The summed E-state index contributed by atoms with van der Waals surface area (Å²) in [4.78, 5) is 25.4. The third-order valence-corrected chi connectivity index (χ3v) is 3.40. The number of rotatable bonds is 5. The van der Waals surface area contributed by atoms with Crippen molar-refractivity contribution in [3.8, 4) is 0 Å². The Labute approximate surface area is 128 Å². The topological polar surface area (TPSA) is 46.6 Å². The average molecular weight is 293 g/mol. The highest BCUT2D eigenvalue weighted by molar-refractivity contribution is 6.15. The highest BCUT2D eigenvalue weighted by atomic mass is 16.5. The highest BCUT2D eigenvalue weighted by Gasteiger charge is 2.32. The van der Waals surface area contributed by atoms with Crippen molar-refractivity contribution in [2.24, 2.45) is 0 Å². The Morgan fingerprint density at radius 1 is 0.818 bits per heavy atom. The molecule has 0 saturated carbocycles. The Balaban J connectivity index is 1.64. The second-order valence-electron chi connectivity index (χ2n) is 5.00. The third kappa shape index (κ3) is 3.06. The molecule has 0 aliphatic carbocycles. The zero-order valence-corrected chi connectivity index (χ0v) is 11.9. The van der Waals surface area contributed by atoms with Crippen molar-refractivity contribution in [1.29, 1.82) is 0 Å². The van der Waals surface area contributed by atoms with E-state index in [1.54, 1.807) is 0 Å². The normalized spacial score (nSPS) is 14.2. The van der Waals surface area contributed by atoms with E-state index in [0.717, 1.165) is 11.1 Å². The van der Waals surface area contributed by atoms with Gasteiger partial charge in [0.05, 0.1) is 12.6 Å². The highest BCUT2D eigenvalue weighted by Crippen LogP contribution is 2.18. The Morgan fingerprint density at radius 2 is 1.41 bits per heavy atom. The van der Waals surface area contributed by atoms with Crippen LogP contribution in [0.25, 0.3) is 0 Å². The Morgan fingerprint density at radius 3 is 2.05 bits per heavy atom. The molecule has 1 aliphatic heterocycles. The van der Waals surface area contributed by atoms with Gasteiger partial charge >= 0.3 is 0 Å². The fourth-order valence-electron chi connectivity index (χ4n) is 2.24. The second kappa shape index (κ2) is 6.26. The predicted molar refractivity (Wildman–Crippen MR) is 81.3 cm³/mol. The van der Waals surface area contributed by atoms with E-state index in [-0.39, 0.29) is 30.7 Å². The van der Waals surface area contributed by atoms with Crippen LogP contribution in [0.3, 0.4) is 0 Å². The molecule has 1 aliphatic rings. The molecule has 4 heteroatoms. The van der Waals surface area contributed by atoms with Gasteiger partial charge in [-0.3, -0.25) is 14.5 Å². The van der Waals surface area contributed by atoms with E-state index in [0.29, 0.717) is 0 Å². The molecule has 0 spiro atoms. The number of hydrogen-bond acceptors (Lipinski definition) is 3. The first-order valence-corrected chi connectivity index (χ1v) is 7.02. The zero-order valence-electron chi connectivity index (χ0n) is 11.9. The van der Waals surface area contributed by atoms with Gasteiger partial charge in [0.1, 0.15) is 6.61 Å². The Kier molecular flexibility index (Phi) is 4.01. The molecule has 0 unspecified atom stereocenters. The van der Waals surface area contributed by atoms with Gasteiger partial charge in [-0.2, -0.15) is 0 Å². The monoisotopic (exact) mass is 293 g/mol. The van der Waals surface area contributed by atoms with Crippen LogP contribution in [0.1, 0.15) is 11.1 Å². The molecule has 0 aromatic heterocycles. The number of benzene rings is 2. The van der Waals surface area contributed by atoms with Crippen molar-refractivity contribution >= 4 is 11.8 Å². The summed E-state index contributed by atoms with van der Waals surface area (Å²) in [5, 5.41) is 0. The van der Waals surface area contributed by atoms with Crippen LogP contribution in [0.5, 0.6) is 0 Å². The predicted octanol–water partition coefficient (Wildman–Crippen LogP) is 2.66. The SMILES string of the molecule is O=C1C=C(OCc2ccccc2)C(=O)N1Cc1ccccc1. The van der Waals surface area contributed by atoms with Crippen LogP contribution >= 0.6 is 0 Å². The van der Waals surface area contributed by atoms with E-state index < -0.39 is 0 Å². The minimum atomic E-state index is -0.384. The standard InChI is InChI=1S/C18H15NO3/c20-17-11-16(22-13-15-9-5-2-6-10-15)18(21)19(17)12-14-7-3-1-4-8-14/h1-11H,12-13H2. The van der Waals surface area contributed by atoms with Crippen molar-refractivity contribution in [2.75, 3.05) is 0 Å². The lowest BCUT2D eigenvalue weighted by molar-refractivity contribution is -0.139. The van der Waals surface area contributed by atoms with Crippen LogP contribution in [-0.2, 0) is 27.5 Å². The van der Waals surface area contributed by atoms with Crippen molar-refractivity contribution < 1.29 is 14.3 Å². The third-order valence-electron chi connectivity index (χ3n) is 3.40. The smallest absolute Gasteiger partial charge is 0.296 e. The molecule has 4 nitrogen and oxygen atoms in total. The number of nitrogens with zero attached hydrogens (tertiary/aromatic N) is 1. The summed E-state index contributed by atoms with van der Waals surface area (Å²) in [5.74, 6) is -0.619. The summed E-state index contributed by atoms with van der Waals surface area (Å²) in [6.45, 7) is 0.526. The van der Waals surface area contributed by atoms with Gasteiger partial charge in [-0.05, 0) is 11.1 Å². The van der Waals surface area contributed by atoms with E-state index in [2.05, 4.69) is 0 Å². The first kappa shape index (κ1) is 14.1. The maximum absolute atomic E-state index is 12.3. The molecule has 2 aromatic rings. The summed E-state index contributed by atoms with van der Waals surface area (Å²) in [5.41, 5.74) is 1.85. The molecular formula is C18H15NO3. The first-order chi connectivity index (χ1) is 10.7. The molecule has 110 valence electrons. The first-order valence-electron chi connectivity index (χ1n) is 7.02. The molecule has 2 aromatic carbocycles. The Hall–Kier alpha value is -2.88. The largest absolute Gasteiger partial charge is 0.483 e. The van der Waals surface area contributed by atoms with E-state index >= 15 is 0 Å². The molecule has 0 bridgehead atoms. The summed E-state index contributed by atoms with van der Waals surface area (Å²) in [7, 11) is 0. The maximum atomic E-state index is 12.3. The molecule has 0 N–H and O–H groups in total. The molecule has 0 fully saturated rings. The molecule has 1 heterocycles. The van der Waals surface area contributed by atoms with Crippen molar-refractivity contribution in [1.82, 2.24) is 4.90 Å². The molecule has 0 saturated heterocycles. The summed E-state index contributed by atoms with van der Waals surface area (Å²) < 4.78 is 5.49. The minimum absolute atomic E-state index is 0.102. The van der Waals surface area contributed by atoms with E-state index in [1.807, 2.05) is 60.7 Å². The molecule has 2 amide bonds. The van der Waals surface area contributed by atoms with Gasteiger partial charge in [0, 0.05) is 0 Å². The van der Waals surface area contributed by atoms with Crippen molar-refractivity contribution in [3.05, 3.63) is 83.6 Å².